The minimum atomic E-state index is 0.665. The summed E-state index contributed by atoms with van der Waals surface area (Å²) in [4.78, 5) is 2.46. The molecule has 0 amide bonds. The predicted molar refractivity (Wildman–Crippen MR) is 81.3 cm³/mol. The smallest absolute Gasteiger partial charge is 0.0701 e. The van der Waals surface area contributed by atoms with Crippen LogP contribution in [0.15, 0.2) is 0 Å². The van der Waals surface area contributed by atoms with Crippen molar-refractivity contribution in [2.45, 2.75) is 26.2 Å². The van der Waals surface area contributed by atoms with Crippen molar-refractivity contribution < 1.29 is 14.2 Å². The van der Waals surface area contributed by atoms with Gasteiger partial charge in [-0.15, -0.1) is 0 Å². The maximum atomic E-state index is 5.59. The molecule has 0 unspecified atom stereocenters. The van der Waals surface area contributed by atoms with Crippen molar-refractivity contribution in [2.75, 3.05) is 72.4 Å². The molecule has 20 heavy (non-hydrogen) atoms. The van der Waals surface area contributed by atoms with E-state index in [1.165, 1.54) is 19.4 Å². The number of ether oxygens (including phenoxy) is 3. The normalized spacial score (nSPS) is 17.2. The first-order chi connectivity index (χ1) is 9.93. The summed E-state index contributed by atoms with van der Waals surface area (Å²) in [6.45, 7) is 12.1. The van der Waals surface area contributed by atoms with Gasteiger partial charge in [-0.3, -0.25) is 4.90 Å². The first-order valence-corrected chi connectivity index (χ1v) is 8.09. The van der Waals surface area contributed by atoms with Crippen molar-refractivity contribution in [1.82, 2.24) is 10.2 Å². The van der Waals surface area contributed by atoms with Gasteiger partial charge in [-0.25, -0.2) is 0 Å². The Morgan fingerprint density at radius 2 is 1.55 bits per heavy atom. The van der Waals surface area contributed by atoms with E-state index in [4.69, 9.17) is 14.2 Å². The summed E-state index contributed by atoms with van der Waals surface area (Å²) in [6, 6.07) is 0. The van der Waals surface area contributed by atoms with Crippen molar-refractivity contribution in [1.29, 1.82) is 0 Å². The molecule has 1 N–H and O–H groups in total. The van der Waals surface area contributed by atoms with Crippen LogP contribution in [0.5, 0.6) is 0 Å². The van der Waals surface area contributed by atoms with Crippen LogP contribution < -0.4 is 5.32 Å². The summed E-state index contributed by atoms with van der Waals surface area (Å²) in [5, 5.41) is 3.41. The Kier molecular flexibility index (Phi) is 12.3. The Morgan fingerprint density at radius 3 is 2.30 bits per heavy atom. The van der Waals surface area contributed by atoms with Gasteiger partial charge in [0, 0.05) is 26.2 Å². The van der Waals surface area contributed by atoms with Crippen molar-refractivity contribution in [3.05, 3.63) is 0 Å². The van der Waals surface area contributed by atoms with E-state index < -0.39 is 0 Å². The molecule has 0 saturated carbocycles. The van der Waals surface area contributed by atoms with E-state index in [2.05, 4.69) is 17.1 Å². The molecule has 5 nitrogen and oxygen atoms in total. The zero-order valence-corrected chi connectivity index (χ0v) is 13.1. The summed E-state index contributed by atoms with van der Waals surface area (Å²) in [5.41, 5.74) is 0. The molecule has 120 valence electrons. The molecular formula is C15H32N2O3. The third-order valence-electron chi connectivity index (χ3n) is 3.37. The number of hydrogen-bond donors (Lipinski definition) is 1. The molecule has 1 heterocycles. The largest absolute Gasteiger partial charge is 0.379 e. The molecule has 0 aliphatic carbocycles. The van der Waals surface area contributed by atoms with Gasteiger partial charge in [-0.2, -0.15) is 0 Å². The number of nitrogens with one attached hydrogen (secondary N) is 1. The molecule has 0 aromatic carbocycles. The van der Waals surface area contributed by atoms with E-state index in [1.807, 2.05) is 0 Å². The van der Waals surface area contributed by atoms with Crippen LogP contribution in [0.25, 0.3) is 0 Å². The second-order valence-electron chi connectivity index (χ2n) is 5.14. The second kappa shape index (κ2) is 13.8. The minimum Gasteiger partial charge on any atom is -0.379 e. The van der Waals surface area contributed by atoms with Gasteiger partial charge in [0.15, 0.2) is 0 Å². The molecule has 0 bridgehead atoms. The van der Waals surface area contributed by atoms with Crippen LogP contribution in [-0.2, 0) is 14.2 Å². The third-order valence-corrected chi connectivity index (χ3v) is 3.37. The quantitative estimate of drug-likeness (QED) is 0.545. The van der Waals surface area contributed by atoms with Gasteiger partial charge in [0.2, 0.25) is 0 Å². The predicted octanol–water partition coefficient (Wildman–Crippen LogP) is 1.13. The lowest BCUT2D eigenvalue weighted by molar-refractivity contribution is 0.0104. The summed E-state index contributed by atoms with van der Waals surface area (Å²) >= 11 is 0. The van der Waals surface area contributed by atoms with Crippen LogP contribution in [-0.4, -0.2) is 77.3 Å². The molecule has 0 atom stereocenters. The topological polar surface area (TPSA) is 43.0 Å². The van der Waals surface area contributed by atoms with Gasteiger partial charge in [0.05, 0.1) is 33.0 Å². The van der Waals surface area contributed by atoms with Gasteiger partial charge < -0.3 is 19.5 Å². The lowest BCUT2D eigenvalue weighted by Crippen LogP contribution is -2.31. The number of rotatable bonds is 12. The summed E-state index contributed by atoms with van der Waals surface area (Å²) in [6.07, 6.45) is 3.55. The Hall–Kier alpha value is -0.200. The highest BCUT2D eigenvalue weighted by Crippen LogP contribution is 1.95. The fourth-order valence-corrected chi connectivity index (χ4v) is 2.11. The van der Waals surface area contributed by atoms with Crippen molar-refractivity contribution in [2.24, 2.45) is 0 Å². The van der Waals surface area contributed by atoms with Gasteiger partial charge in [0.25, 0.3) is 0 Å². The molecule has 1 rings (SSSR count). The maximum absolute atomic E-state index is 5.59. The van der Waals surface area contributed by atoms with E-state index in [-0.39, 0.29) is 0 Å². The molecule has 0 aromatic heterocycles. The zero-order valence-electron chi connectivity index (χ0n) is 13.1. The zero-order chi connectivity index (χ0) is 14.3. The molecule has 0 spiro atoms. The fourth-order valence-electron chi connectivity index (χ4n) is 2.11. The standard InChI is InChI=1S/C15H32N2O3/c1-2-3-10-18-12-14-20-15-13-19-11-9-17-7-4-5-16-6-8-17/h16H,2-15H2,1H3. The lowest BCUT2D eigenvalue weighted by atomic mass is 10.4. The Morgan fingerprint density at radius 1 is 0.850 bits per heavy atom. The highest BCUT2D eigenvalue weighted by Gasteiger charge is 2.07. The number of nitrogens with zero attached hydrogens (tertiary/aromatic N) is 1. The molecule has 1 fully saturated rings. The average Bonchev–Trinajstić information content (AvgIpc) is 2.73. The maximum Gasteiger partial charge on any atom is 0.0701 e. The summed E-state index contributed by atoms with van der Waals surface area (Å²) < 4.78 is 16.5. The van der Waals surface area contributed by atoms with Crippen molar-refractivity contribution in [3.8, 4) is 0 Å². The van der Waals surface area contributed by atoms with Crippen molar-refractivity contribution in [3.63, 3.8) is 0 Å². The van der Waals surface area contributed by atoms with E-state index in [9.17, 15) is 0 Å². The van der Waals surface area contributed by atoms with E-state index in [0.717, 1.165) is 45.8 Å². The van der Waals surface area contributed by atoms with Crippen LogP contribution in [0.4, 0.5) is 0 Å². The highest BCUT2D eigenvalue weighted by molar-refractivity contribution is 4.65. The third kappa shape index (κ3) is 10.6. The SMILES string of the molecule is CCCCOCCOCCOCCN1CCCNCC1. The minimum absolute atomic E-state index is 0.665. The number of hydrogen-bond acceptors (Lipinski definition) is 5. The Bertz CT molecular complexity index is 198. The summed E-state index contributed by atoms with van der Waals surface area (Å²) in [7, 11) is 0. The first kappa shape index (κ1) is 17.9. The average molecular weight is 288 g/mol. The molecule has 1 aliphatic rings. The fraction of sp³-hybridized carbons (Fsp3) is 1.00. The molecule has 0 aromatic rings. The van der Waals surface area contributed by atoms with Crippen LogP contribution in [0.3, 0.4) is 0 Å². The second-order valence-corrected chi connectivity index (χ2v) is 5.14. The Balaban J connectivity index is 1.76. The molecule has 0 radical (unpaired) electrons. The van der Waals surface area contributed by atoms with Gasteiger partial charge in [-0.1, -0.05) is 13.3 Å². The Labute approximate surface area is 123 Å². The summed E-state index contributed by atoms with van der Waals surface area (Å²) in [5.74, 6) is 0. The molecule has 1 saturated heterocycles. The van der Waals surface area contributed by atoms with Crippen LogP contribution >= 0.6 is 0 Å². The molecule has 5 heteroatoms. The van der Waals surface area contributed by atoms with Gasteiger partial charge in [-0.05, 0) is 25.9 Å². The highest BCUT2D eigenvalue weighted by atomic mass is 16.5. The molecule has 1 aliphatic heterocycles. The van der Waals surface area contributed by atoms with Crippen LogP contribution in [0.2, 0.25) is 0 Å². The molecular weight excluding hydrogens is 256 g/mol. The van der Waals surface area contributed by atoms with E-state index in [1.54, 1.807) is 0 Å². The number of unbranched alkanes of at least 4 members (excludes halogenated alkanes) is 1. The van der Waals surface area contributed by atoms with Crippen LogP contribution in [0.1, 0.15) is 26.2 Å². The van der Waals surface area contributed by atoms with Gasteiger partial charge >= 0.3 is 0 Å². The monoisotopic (exact) mass is 288 g/mol. The van der Waals surface area contributed by atoms with E-state index in [0.29, 0.717) is 26.4 Å². The van der Waals surface area contributed by atoms with E-state index >= 15 is 0 Å². The van der Waals surface area contributed by atoms with Crippen molar-refractivity contribution >= 4 is 0 Å². The van der Waals surface area contributed by atoms with Gasteiger partial charge in [0.1, 0.15) is 0 Å². The lowest BCUT2D eigenvalue weighted by Gasteiger charge is -2.19. The first-order valence-electron chi connectivity index (χ1n) is 8.09. The van der Waals surface area contributed by atoms with Crippen LogP contribution in [0, 0.1) is 0 Å².